The van der Waals surface area contributed by atoms with Crippen molar-refractivity contribution in [3.05, 3.63) is 34.6 Å². The fourth-order valence-corrected chi connectivity index (χ4v) is 3.29. The first-order valence-corrected chi connectivity index (χ1v) is 7.15. The van der Waals surface area contributed by atoms with Crippen LogP contribution in [0.2, 0.25) is 5.02 Å². The van der Waals surface area contributed by atoms with Crippen LogP contribution < -0.4 is 0 Å². The molecule has 3 rings (SSSR count). The maximum absolute atomic E-state index is 13.5. The third kappa shape index (κ3) is 2.62. The molecule has 1 saturated carbocycles. The highest BCUT2D eigenvalue weighted by Gasteiger charge is 2.37. The van der Waals surface area contributed by atoms with E-state index in [1.807, 2.05) is 6.07 Å². The standard InChI is InChI=1S/C15H16ClFO2/c16-12-6-5-11(7-13(12)17)9-1-3-10(4-2-9)14-8-15(18)19-14/h5-7,9-10,14H,1-4,8H2. The zero-order valence-corrected chi connectivity index (χ0v) is 11.3. The average Bonchev–Trinajstić information content (AvgIpc) is 2.39. The second kappa shape index (κ2) is 5.12. The van der Waals surface area contributed by atoms with Gasteiger partial charge in [-0.05, 0) is 55.2 Å². The van der Waals surface area contributed by atoms with Gasteiger partial charge in [0.25, 0.3) is 0 Å². The second-order valence-electron chi connectivity index (χ2n) is 5.52. The minimum atomic E-state index is -0.339. The van der Waals surface area contributed by atoms with Crippen molar-refractivity contribution in [1.29, 1.82) is 0 Å². The van der Waals surface area contributed by atoms with Crippen LogP contribution in [-0.2, 0) is 9.53 Å². The molecule has 2 nitrogen and oxygen atoms in total. The number of carbonyl (C=O) groups excluding carboxylic acids is 1. The molecule has 0 bridgehead atoms. The molecule has 1 aliphatic heterocycles. The molecular weight excluding hydrogens is 267 g/mol. The average molecular weight is 283 g/mol. The molecule has 1 saturated heterocycles. The van der Waals surface area contributed by atoms with Crippen molar-refractivity contribution in [2.45, 2.75) is 44.1 Å². The van der Waals surface area contributed by atoms with Crippen LogP contribution in [-0.4, -0.2) is 12.1 Å². The third-order valence-corrected chi connectivity index (χ3v) is 4.67. The molecule has 2 aliphatic rings. The lowest BCUT2D eigenvalue weighted by Gasteiger charge is -2.37. The predicted molar refractivity (Wildman–Crippen MR) is 70.6 cm³/mol. The third-order valence-electron chi connectivity index (χ3n) is 4.36. The molecule has 1 heterocycles. The Kier molecular flexibility index (Phi) is 3.48. The molecular formula is C15H16ClFO2. The van der Waals surface area contributed by atoms with Gasteiger partial charge in [-0.25, -0.2) is 4.39 Å². The number of cyclic esters (lactones) is 1. The van der Waals surface area contributed by atoms with Crippen LogP contribution in [0, 0.1) is 11.7 Å². The van der Waals surface area contributed by atoms with E-state index in [4.69, 9.17) is 16.3 Å². The summed E-state index contributed by atoms with van der Waals surface area (Å²) in [7, 11) is 0. The number of benzene rings is 1. The first kappa shape index (κ1) is 12.9. The normalized spacial score (nSPS) is 30.6. The van der Waals surface area contributed by atoms with Crippen LogP contribution in [0.1, 0.15) is 43.6 Å². The summed E-state index contributed by atoms with van der Waals surface area (Å²) in [5.41, 5.74) is 1.03. The number of rotatable bonds is 2. The van der Waals surface area contributed by atoms with Crippen LogP contribution in [0.4, 0.5) is 4.39 Å². The molecule has 1 aromatic rings. The molecule has 0 amide bonds. The van der Waals surface area contributed by atoms with Crippen molar-refractivity contribution < 1.29 is 13.9 Å². The molecule has 0 radical (unpaired) electrons. The van der Waals surface area contributed by atoms with Crippen molar-refractivity contribution in [3.8, 4) is 0 Å². The van der Waals surface area contributed by atoms with Gasteiger partial charge in [0.1, 0.15) is 11.9 Å². The Hall–Kier alpha value is -1.09. The lowest BCUT2D eigenvalue weighted by Crippen LogP contribution is -2.40. The number of hydrogen-bond donors (Lipinski definition) is 0. The van der Waals surface area contributed by atoms with E-state index in [0.29, 0.717) is 18.3 Å². The maximum Gasteiger partial charge on any atom is 0.309 e. The molecule has 1 aliphatic carbocycles. The molecule has 0 spiro atoms. The van der Waals surface area contributed by atoms with Gasteiger partial charge in [0.2, 0.25) is 0 Å². The van der Waals surface area contributed by atoms with E-state index in [-0.39, 0.29) is 22.9 Å². The molecule has 102 valence electrons. The van der Waals surface area contributed by atoms with Crippen molar-refractivity contribution in [1.82, 2.24) is 0 Å². The second-order valence-corrected chi connectivity index (χ2v) is 5.92. The first-order chi connectivity index (χ1) is 9.13. The largest absolute Gasteiger partial charge is 0.461 e. The van der Waals surface area contributed by atoms with E-state index in [9.17, 15) is 9.18 Å². The fraction of sp³-hybridized carbons (Fsp3) is 0.533. The Bertz CT molecular complexity index is 487. The summed E-state index contributed by atoms with van der Waals surface area (Å²) >= 11 is 5.70. The summed E-state index contributed by atoms with van der Waals surface area (Å²) in [5.74, 6) is 0.478. The van der Waals surface area contributed by atoms with Crippen molar-refractivity contribution in [2.75, 3.05) is 0 Å². The van der Waals surface area contributed by atoms with E-state index in [1.165, 1.54) is 0 Å². The highest BCUT2D eigenvalue weighted by Crippen LogP contribution is 2.40. The van der Waals surface area contributed by atoms with Crippen molar-refractivity contribution in [3.63, 3.8) is 0 Å². The molecule has 1 atom stereocenters. The molecule has 1 aromatic carbocycles. The number of hydrogen-bond acceptors (Lipinski definition) is 2. The molecule has 0 N–H and O–H groups in total. The van der Waals surface area contributed by atoms with Gasteiger partial charge in [0.05, 0.1) is 11.4 Å². The highest BCUT2D eigenvalue weighted by atomic mass is 35.5. The van der Waals surface area contributed by atoms with E-state index >= 15 is 0 Å². The van der Waals surface area contributed by atoms with Crippen molar-refractivity contribution in [2.24, 2.45) is 5.92 Å². The Morgan fingerprint density at radius 3 is 2.47 bits per heavy atom. The maximum atomic E-state index is 13.5. The van der Waals surface area contributed by atoms with E-state index in [2.05, 4.69) is 0 Å². The van der Waals surface area contributed by atoms with Crippen molar-refractivity contribution >= 4 is 17.6 Å². The molecule has 0 aromatic heterocycles. The summed E-state index contributed by atoms with van der Waals surface area (Å²) < 4.78 is 18.6. The van der Waals surface area contributed by atoms with Gasteiger partial charge in [-0.3, -0.25) is 4.79 Å². The summed E-state index contributed by atoms with van der Waals surface area (Å²) in [6, 6.07) is 5.10. The Morgan fingerprint density at radius 2 is 1.89 bits per heavy atom. The minimum Gasteiger partial charge on any atom is -0.461 e. The Labute approximate surface area is 116 Å². The van der Waals surface area contributed by atoms with Gasteiger partial charge in [0, 0.05) is 0 Å². The van der Waals surface area contributed by atoms with E-state index < -0.39 is 0 Å². The van der Waals surface area contributed by atoms with Crippen LogP contribution in [0.15, 0.2) is 18.2 Å². The van der Waals surface area contributed by atoms with E-state index in [0.717, 1.165) is 31.2 Å². The molecule has 1 unspecified atom stereocenters. The van der Waals surface area contributed by atoms with Crippen LogP contribution >= 0.6 is 11.6 Å². The molecule has 4 heteroatoms. The van der Waals surface area contributed by atoms with E-state index in [1.54, 1.807) is 12.1 Å². The van der Waals surface area contributed by atoms with Crippen LogP contribution in [0.3, 0.4) is 0 Å². The van der Waals surface area contributed by atoms with Gasteiger partial charge in [0.15, 0.2) is 0 Å². The number of esters is 1. The lowest BCUT2D eigenvalue weighted by molar-refractivity contribution is -0.176. The Morgan fingerprint density at radius 1 is 1.21 bits per heavy atom. The van der Waals surface area contributed by atoms with Crippen LogP contribution in [0.25, 0.3) is 0 Å². The lowest BCUT2D eigenvalue weighted by atomic mass is 9.75. The zero-order valence-electron chi connectivity index (χ0n) is 10.6. The van der Waals surface area contributed by atoms with Gasteiger partial charge in [-0.15, -0.1) is 0 Å². The number of carbonyl (C=O) groups is 1. The predicted octanol–water partition coefficient (Wildman–Crippen LogP) is 4.07. The highest BCUT2D eigenvalue weighted by molar-refractivity contribution is 6.30. The Balaban J connectivity index is 1.60. The first-order valence-electron chi connectivity index (χ1n) is 6.78. The quantitative estimate of drug-likeness (QED) is 0.765. The van der Waals surface area contributed by atoms with Gasteiger partial charge >= 0.3 is 5.97 Å². The van der Waals surface area contributed by atoms with Crippen LogP contribution in [0.5, 0.6) is 0 Å². The SMILES string of the molecule is O=C1CC(C2CCC(c3ccc(Cl)c(F)c3)CC2)O1. The minimum absolute atomic E-state index is 0.0769. The summed E-state index contributed by atoms with van der Waals surface area (Å²) in [6.45, 7) is 0. The number of halogens is 2. The monoisotopic (exact) mass is 282 g/mol. The van der Waals surface area contributed by atoms with Gasteiger partial charge < -0.3 is 4.74 Å². The summed E-state index contributed by atoms with van der Waals surface area (Å²) in [5, 5.41) is 0.179. The van der Waals surface area contributed by atoms with Gasteiger partial charge in [-0.2, -0.15) is 0 Å². The smallest absolute Gasteiger partial charge is 0.309 e. The fourth-order valence-electron chi connectivity index (χ4n) is 3.18. The summed E-state index contributed by atoms with van der Waals surface area (Å²) in [4.78, 5) is 10.8. The molecule has 2 fully saturated rings. The topological polar surface area (TPSA) is 26.3 Å². The van der Waals surface area contributed by atoms with Gasteiger partial charge in [-0.1, -0.05) is 17.7 Å². The number of ether oxygens (including phenoxy) is 1. The zero-order chi connectivity index (χ0) is 13.4. The molecule has 19 heavy (non-hydrogen) atoms. The summed E-state index contributed by atoms with van der Waals surface area (Å²) in [6.07, 6.45) is 4.86.